The van der Waals surface area contributed by atoms with E-state index < -0.39 is 5.97 Å². The summed E-state index contributed by atoms with van der Waals surface area (Å²) in [6, 6.07) is 6.37. The topological polar surface area (TPSA) is 69.6 Å². The number of carbonyl (C=O) groups is 2. The molecule has 138 valence electrons. The van der Waals surface area contributed by atoms with E-state index in [4.69, 9.17) is 5.11 Å². The average molecular weight is 350 g/mol. The van der Waals surface area contributed by atoms with Crippen LogP contribution in [-0.2, 0) is 11.2 Å². The number of carbonyl (C=O) groups excluding carboxylic acids is 1. The summed E-state index contributed by atoms with van der Waals surface area (Å²) in [4.78, 5) is 25.3. The van der Waals surface area contributed by atoms with Gasteiger partial charge in [-0.1, -0.05) is 19.1 Å². The Bertz CT molecular complexity index is 586. The molecule has 0 radical (unpaired) electrons. The maximum atomic E-state index is 13.3. The van der Waals surface area contributed by atoms with Crippen molar-refractivity contribution in [2.24, 2.45) is 5.92 Å². The van der Waals surface area contributed by atoms with E-state index in [2.05, 4.69) is 5.32 Å². The molecule has 1 aliphatic carbocycles. The van der Waals surface area contributed by atoms with Gasteiger partial charge in [-0.25, -0.2) is 9.18 Å². The first-order valence-corrected chi connectivity index (χ1v) is 9.02. The molecule has 0 spiro atoms. The van der Waals surface area contributed by atoms with Gasteiger partial charge in [0.25, 0.3) is 0 Å². The van der Waals surface area contributed by atoms with Gasteiger partial charge in [-0.15, -0.1) is 0 Å². The number of benzene rings is 1. The van der Waals surface area contributed by atoms with Crippen LogP contribution in [0.25, 0.3) is 0 Å². The molecule has 1 saturated carbocycles. The van der Waals surface area contributed by atoms with Gasteiger partial charge in [-0.05, 0) is 56.2 Å². The zero-order chi connectivity index (χ0) is 18.2. The van der Waals surface area contributed by atoms with Gasteiger partial charge in [-0.3, -0.25) is 4.79 Å². The molecule has 1 aromatic carbocycles. The minimum absolute atomic E-state index is 0.0385. The second-order valence-electron chi connectivity index (χ2n) is 6.70. The Kier molecular flexibility index (Phi) is 7.22. The third kappa shape index (κ3) is 6.03. The zero-order valence-corrected chi connectivity index (χ0v) is 14.7. The minimum Gasteiger partial charge on any atom is -0.481 e. The van der Waals surface area contributed by atoms with Crippen LogP contribution in [0.15, 0.2) is 24.3 Å². The Morgan fingerprint density at radius 2 is 1.96 bits per heavy atom. The number of rotatable bonds is 7. The van der Waals surface area contributed by atoms with Crippen LogP contribution >= 0.6 is 0 Å². The van der Waals surface area contributed by atoms with Crippen molar-refractivity contribution in [1.29, 1.82) is 0 Å². The van der Waals surface area contributed by atoms with Crippen molar-refractivity contribution < 1.29 is 19.1 Å². The molecule has 2 rings (SSSR count). The maximum absolute atomic E-state index is 13.3. The van der Waals surface area contributed by atoms with E-state index in [9.17, 15) is 14.0 Å². The summed E-state index contributed by atoms with van der Waals surface area (Å²) >= 11 is 0. The summed E-state index contributed by atoms with van der Waals surface area (Å²) in [5, 5.41) is 12.1. The summed E-state index contributed by atoms with van der Waals surface area (Å²) in [6.07, 6.45) is 4.08. The molecule has 1 fully saturated rings. The Morgan fingerprint density at radius 3 is 2.56 bits per heavy atom. The first-order valence-electron chi connectivity index (χ1n) is 9.02. The number of carboxylic acids is 1. The standard InChI is InChI=1S/C19H27FN2O3/c1-2-11-22(12-10-14-4-3-5-16(20)13-14)19(25)21-17-8-6-15(7-9-17)18(23)24/h3-5,13,15,17H,2,6-12H2,1H3,(H,21,25)(H,23,24). The van der Waals surface area contributed by atoms with Crippen molar-refractivity contribution in [2.45, 2.75) is 51.5 Å². The molecule has 2 amide bonds. The molecule has 25 heavy (non-hydrogen) atoms. The minimum atomic E-state index is -0.743. The zero-order valence-electron chi connectivity index (χ0n) is 14.7. The molecule has 6 heteroatoms. The summed E-state index contributed by atoms with van der Waals surface area (Å²) in [6.45, 7) is 3.19. The van der Waals surface area contributed by atoms with Crippen molar-refractivity contribution in [3.05, 3.63) is 35.6 Å². The number of halogens is 1. The van der Waals surface area contributed by atoms with Crippen molar-refractivity contribution in [3.63, 3.8) is 0 Å². The molecule has 5 nitrogen and oxygen atoms in total. The fraction of sp³-hybridized carbons (Fsp3) is 0.579. The number of hydrogen-bond donors (Lipinski definition) is 2. The number of nitrogens with zero attached hydrogens (tertiary/aromatic N) is 1. The molecule has 0 aromatic heterocycles. The Morgan fingerprint density at radius 1 is 1.24 bits per heavy atom. The lowest BCUT2D eigenvalue weighted by Crippen LogP contribution is -2.47. The second kappa shape index (κ2) is 9.39. The van der Waals surface area contributed by atoms with E-state index >= 15 is 0 Å². The van der Waals surface area contributed by atoms with E-state index in [1.165, 1.54) is 12.1 Å². The van der Waals surface area contributed by atoms with Gasteiger partial charge in [-0.2, -0.15) is 0 Å². The average Bonchev–Trinajstić information content (AvgIpc) is 2.59. The largest absolute Gasteiger partial charge is 0.481 e. The number of amides is 2. The highest BCUT2D eigenvalue weighted by atomic mass is 19.1. The highest BCUT2D eigenvalue weighted by Crippen LogP contribution is 2.24. The van der Waals surface area contributed by atoms with Crippen molar-refractivity contribution in [3.8, 4) is 0 Å². The number of carboxylic acid groups (broad SMARTS) is 1. The van der Waals surface area contributed by atoms with E-state index in [-0.39, 0.29) is 23.8 Å². The molecule has 0 heterocycles. The molecule has 1 aromatic rings. The van der Waals surface area contributed by atoms with E-state index in [0.717, 1.165) is 12.0 Å². The fourth-order valence-corrected chi connectivity index (χ4v) is 3.29. The van der Waals surface area contributed by atoms with Crippen LogP contribution in [-0.4, -0.2) is 41.1 Å². The van der Waals surface area contributed by atoms with Crippen LogP contribution in [0.1, 0.15) is 44.6 Å². The first kappa shape index (κ1) is 19.2. The molecule has 0 atom stereocenters. The van der Waals surface area contributed by atoms with E-state index in [1.54, 1.807) is 11.0 Å². The molecule has 0 saturated heterocycles. The van der Waals surface area contributed by atoms with Gasteiger partial charge in [0.15, 0.2) is 0 Å². The molecule has 1 aliphatic rings. The Hall–Kier alpha value is -2.11. The van der Waals surface area contributed by atoms with E-state index in [1.807, 2.05) is 13.0 Å². The highest BCUT2D eigenvalue weighted by molar-refractivity contribution is 5.74. The predicted octanol–water partition coefficient (Wildman–Crippen LogP) is 3.43. The molecule has 0 aliphatic heterocycles. The van der Waals surface area contributed by atoms with Gasteiger partial charge in [0.05, 0.1) is 5.92 Å². The second-order valence-corrected chi connectivity index (χ2v) is 6.70. The molecule has 0 unspecified atom stereocenters. The Balaban J connectivity index is 1.84. The van der Waals surface area contributed by atoms with Gasteiger partial charge >= 0.3 is 12.0 Å². The Labute approximate surface area is 148 Å². The fourth-order valence-electron chi connectivity index (χ4n) is 3.29. The van der Waals surface area contributed by atoms with Crippen LogP contribution in [0.3, 0.4) is 0 Å². The number of hydrogen-bond acceptors (Lipinski definition) is 2. The molecular weight excluding hydrogens is 323 g/mol. The predicted molar refractivity (Wildman–Crippen MR) is 93.9 cm³/mol. The summed E-state index contributed by atoms with van der Waals surface area (Å²) in [5.74, 6) is -1.29. The van der Waals surface area contributed by atoms with Crippen molar-refractivity contribution >= 4 is 12.0 Å². The highest BCUT2D eigenvalue weighted by Gasteiger charge is 2.27. The lowest BCUT2D eigenvalue weighted by atomic mass is 9.86. The quantitative estimate of drug-likeness (QED) is 0.791. The number of nitrogens with one attached hydrogen (secondary N) is 1. The van der Waals surface area contributed by atoms with Crippen LogP contribution in [0.4, 0.5) is 9.18 Å². The SMILES string of the molecule is CCCN(CCc1cccc(F)c1)C(=O)NC1CCC(C(=O)O)CC1. The van der Waals surface area contributed by atoms with Crippen LogP contribution in [0.2, 0.25) is 0 Å². The monoisotopic (exact) mass is 350 g/mol. The van der Waals surface area contributed by atoms with E-state index in [0.29, 0.717) is 45.2 Å². The summed E-state index contributed by atoms with van der Waals surface area (Å²) < 4.78 is 13.3. The maximum Gasteiger partial charge on any atom is 0.317 e. The third-order valence-electron chi connectivity index (χ3n) is 4.74. The molecular formula is C19H27FN2O3. The van der Waals surface area contributed by atoms with Crippen LogP contribution in [0, 0.1) is 11.7 Å². The first-order chi connectivity index (χ1) is 12.0. The molecule has 0 bridgehead atoms. The molecule has 2 N–H and O–H groups in total. The third-order valence-corrected chi connectivity index (χ3v) is 4.74. The van der Waals surface area contributed by atoms with Crippen molar-refractivity contribution in [2.75, 3.05) is 13.1 Å². The number of urea groups is 1. The van der Waals surface area contributed by atoms with Gasteiger partial charge in [0, 0.05) is 19.1 Å². The lowest BCUT2D eigenvalue weighted by Gasteiger charge is -2.30. The lowest BCUT2D eigenvalue weighted by molar-refractivity contribution is -0.142. The van der Waals surface area contributed by atoms with Gasteiger partial charge in [0.1, 0.15) is 5.82 Å². The van der Waals surface area contributed by atoms with Crippen LogP contribution < -0.4 is 5.32 Å². The number of aliphatic carboxylic acids is 1. The van der Waals surface area contributed by atoms with Gasteiger partial charge < -0.3 is 15.3 Å². The normalized spacial score (nSPS) is 20.1. The summed E-state index contributed by atoms with van der Waals surface area (Å²) in [7, 11) is 0. The van der Waals surface area contributed by atoms with Gasteiger partial charge in [0.2, 0.25) is 0 Å². The smallest absolute Gasteiger partial charge is 0.317 e. The summed E-state index contributed by atoms with van der Waals surface area (Å²) in [5.41, 5.74) is 0.871. The van der Waals surface area contributed by atoms with Crippen molar-refractivity contribution in [1.82, 2.24) is 10.2 Å². The van der Waals surface area contributed by atoms with Crippen LogP contribution in [0.5, 0.6) is 0 Å².